The van der Waals surface area contributed by atoms with Crippen LogP contribution >= 0.6 is 0 Å². The van der Waals surface area contributed by atoms with Gasteiger partial charge in [0, 0.05) is 25.0 Å². The number of carbonyl (C=O) groups is 1. The molecular formula is C14H26N2O3. The maximum atomic E-state index is 11.8. The van der Waals surface area contributed by atoms with Crippen LogP contribution in [0.5, 0.6) is 0 Å². The van der Waals surface area contributed by atoms with Crippen LogP contribution < -0.4 is 10.6 Å². The molecule has 3 N–H and O–H groups in total. The van der Waals surface area contributed by atoms with Gasteiger partial charge in [0.25, 0.3) is 0 Å². The van der Waals surface area contributed by atoms with Crippen LogP contribution in [0.15, 0.2) is 0 Å². The first-order valence-corrected chi connectivity index (χ1v) is 7.30. The lowest BCUT2D eigenvalue weighted by atomic mass is 9.74. The van der Waals surface area contributed by atoms with Crippen molar-refractivity contribution in [2.24, 2.45) is 5.41 Å². The summed E-state index contributed by atoms with van der Waals surface area (Å²) in [5.74, 6) is -0.0773. The van der Waals surface area contributed by atoms with Crippen molar-refractivity contribution in [2.45, 2.75) is 44.6 Å². The molecule has 19 heavy (non-hydrogen) atoms. The van der Waals surface area contributed by atoms with Gasteiger partial charge in [-0.25, -0.2) is 0 Å². The first-order chi connectivity index (χ1) is 9.08. The summed E-state index contributed by atoms with van der Waals surface area (Å²) in [6.45, 7) is 4.46. The van der Waals surface area contributed by atoms with Crippen molar-refractivity contribution >= 4 is 5.91 Å². The molecule has 0 bridgehead atoms. The van der Waals surface area contributed by atoms with Crippen LogP contribution in [0, 0.1) is 5.41 Å². The lowest BCUT2D eigenvalue weighted by Crippen LogP contribution is -2.59. The molecule has 1 amide bonds. The summed E-state index contributed by atoms with van der Waals surface area (Å²) in [4.78, 5) is 11.8. The number of ether oxygens (including phenoxy) is 1. The van der Waals surface area contributed by atoms with Gasteiger partial charge < -0.3 is 20.5 Å². The molecule has 1 aliphatic carbocycles. The molecule has 1 saturated heterocycles. The Bertz CT molecular complexity index is 310. The fraction of sp³-hybridized carbons (Fsp3) is 0.929. The zero-order valence-corrected chi connectivity index (χ0v) is 11.8. The number of hydrogen-bond donors (Lipinski definition) is 3. The van der Waals surface area contributed by atoms with E-state index in [9.17, 15) is 9.90 Å². The maximum absolute atomic E-state index is 11.8. The summed E-state index contributed by atoms with van der Waals surface area (Å²) in [5.41, 5.74) is -0.285. The molecular weight excluding hydrogens is 244 g/mol. The Balaban J connectivity index is 1.69. The minimum absolute atomic E-state index is 0.0773. The third kappa shape index (κ3) is 3.91. The average Bonchev–Trinajstić information content (AvgIpc) is 2.42. The van der Waals surface area contributed by atoms with Crippen LogP contribution in [0.2, 0.25) is 0 Å². The lowest BCUT2D eigenvalue weighted by molar-refractivity contribution is -0.136. The fourth-order valence-electron chi connectivity index (χ4n) is 2.85. The SMILES string of the molecule is CC1(OCC(=O)NCC2(CO)CCCCC2)CNC1. The highest BCUT2D eigenvalue weighted by Gasteiger charge is 2.34. The van der Waals surface area contributed by atoms with Crippen molar-refractivity contribution in [3.63, 3.8) is 0 Å². The van der Waals surface area contributed by atoms with E-state index in [-0.39, 0.29) is 30.1 Å². The predicted molar refractivity (Wildman–Crippen MR) is 72.8 cm³/mol. The molecule has 0 aromatic heterocycles. The number of nitrogens with one attached hydrogen (secondary N) is 2. The molecule has 0 unspecified atom stereocenters. The van der Waals surface area contributed by atoms with Gasteiger partial charge >= 0.3 is 0 Å². The predicted octanol–water partition coefficient (Wildman–Crippen LogP) is 0.424. The summed E-state index contributed by atoms with van der Waals surface area (Å²) in [5, 5.41) is 15.6. The third-order valence-electron chi connectivity index (χ3n) is 4.46. The summed E-state index contributed by atoms with van der Waals surface area (Å²) >= 11 is 0. The second-order valence-electron chi connectivity index (χ2n) is 6.34. The molecule has 110 valence electrons. The third-order valence-corrected chi connectivity index (χ3v) is 4.46. The van der Waals surface area contributed by atoms with Gasteiger partial charge in [0.05, 0.1) is 12.2 Å². The van der Waals surface area contributed by atoms with Crippen molar-refractivity contribution in [1.82, 2.24) is 10.6 Å². The Morgan fingerprint density at radius 3 is 2.53 bits per heavy atom. The van der Waals surface area contributed by atoms with Gasteiger partial charge in [-0.15, -0.1) is 0 Å². The van der Waals surface area contributed by atoms with Gasteiger partial charge in [0.1, 0.15) is 6.61 Å². The monoisotopic (exact) mass is 270 g/mol. The highest BCUT2D eigenvalue weighted by Crippen LogP contribution is 2.35. The molecule has 5 heteroatoms. The van der Waals surface area contributed by atoms with Crippen LogP contribution in [-0.2, 0) is 9.53 Å². The van der Waals surface area contributed by atoms with Crippen LogP contribution in [-0.4, -0.2) is 49.5 Å². The van der Waals surface area contributed by atoms with Crippen molar-refractivity contribution in [3.05, 3.63) is 0 Å². The van der Waals surface area contributed by atoms with E-state index >= 15 is 0 Å². The fourth-order valence-corrected chi connectivity index (χ4v) is 2.85. The number of hydrogen-bond acceptors (Lipinski definition) is 4. The molecule has 5 nitrogen and oxygen atoms in total. The van der Waals surface area contributed by atoms with Gasteiger partial charge in [-0.1, -0.05) is 19.3 Å². The van der Waals surface area contributed by atoms with Gasteiger partial charge in [-0.05, 0) is 19.8 Å². The summed E-state index contributed by atoms with van der Waals surface area (Å²) in [7, 11) is 0. The normalized spacial score (nSPS) is 24.5. The van der Waals surface area contributed by atoms with E-state index in [0.717, 1.165) is 38.8 Å². The average molecular weight is 270 g/mol. The number of carbonyl (C=O) groups excluding carboxylic acids is 1. The quantitative estimate of drug-likeness (QED) is 0.654. The van der Waals surface area contributed by atoms with Crippen molar-refractivity contribution in [1.29, 1.82) is 0 Å². The molecule has 0 spiro atoms. The molecule has 0 aromatic carbocycles. The van der Waals surface area contributed by atoms with Crippen molar-refractivity contribution in [3.8, 4) is 0 Å². The summed E-state index contributed by atoms with van der Waals surface area (Å²) < 4.78 is 5.60. The zero-order chi connectivity index (χ0) is 13.8. The first kappa shape index (κ1) is 14.8. The molecule has 1 saturated carbocycles. The van der Waals surface area contributed by atoms with Gasteiger partial charge in [0.15, 0.2) is 0 Å². The number of aliphatic hydroxyl groups excluding tert-OH is 1. The largest absolute Gasteiger partial charge is 0.396 e. The number of rotatable bonds is 6. The highest BCUT2D eigenvalue weighted by molar-refractivity contribution is 5.77. The lowest BCUT2D eigenvalue weighted by Gasteiger charge is -2.39. The van der Waals surface area contributed by atoms with Crippen LogP contribution in [0.1, 0.15) is 39.0 Å². The van der Waals surface area contributed by atoms with E-state index < -0.39 is 0 Å². The van der Waals surface area contributed by atoms with E-state index in [1.165, 1.54) is 6.42 Å². The molecule has 2 aliphatic rings. The van der Waals surface area contributed by atoms with Crippen LogP contribution in [0.25, 0.3) is 0 Å². The van der Waals surface area contributed by atoms with Crippen molar-refractivity contribution < 1.29 is 14.6 Å². The molecule has 2 fully saturated rings. The Labute approximate surface area is 115 Å². The minimum Gasteiger partial charge on any atom is -0.396 e. The molecule has 1 heterocycles. The Kier molecular flexibility index (Phi) is 4.81. The maximum Gasteiger partial charge on any atom is 0.246 e. The first-order valence-electron chi connectivity index (χ1n) is 7.30. The molecule has 1 aliphatic heterocycles. The number of amides is 1. The van der Waals surface area contributed by atoms with E-state index in [0.29, 0.717) is 6.54 Å². The smallest absolute Gasteiger partial charge is 0.246 e. The summed E-state index contributed by atoms with van der Waals surface area (Å²) in [6.07, 6.45) is 5.55. The van der Waals surface area contributed by atoms with Gasteiger partial charge in [-0.2, -0.15) is 0 Å². The van der Waals surface area contributed by atoms with E-state index in [1.54, 1.807) is 0 Å². The zero-order valence-electron chi connectivity index (χ0n) is 11.8. The molecule has 2 rings (SSSR count). The topological polar surface area (TPSA) is 70.6 Å². The van der Waals surface area contributed by atoms with Gasteiger partial charge in [0.2, 0.25) is 5.91 Å². The Morgan fingerprint density at radius 1 is 1.32 bits per heavy atom. The van der Waals surface area contributed by atoms with E-state index in [2.05, 4.69) is 10.6 Å². The summed E-state index contributed by atoms with van der Waals surface area (Å²) in [6, 6.07) is 0. The Morgan fingerprint density at radius 2 is 2.00 bits per heavy atom. The Hall–Kier alpha value is -0.650. The second-order valence-corrected chi connectivity index (χ2v) is 6.34. The minimum atomic E-state index is -0.184. The van der Waals surface area contributed by atoms with E-state index in [1.807, 2.05) is 6.92 Å². The molecule has 0 atom stereocenters. The standard InChI is InChI=1S/C14H26N2O3/c1-13(8-15-9-13)19-7-12(18)16-10-14(11-17)5-3-2-4-6-14/h15,17H,2-11H2,1H3,(H,16,18). The molecule has 0 aromatic rings. The highest BCUT2D eigenvalue weighted by atomic mass is 16.5. The molecule has 0 radical (unpaired) electrons. The second kappa shape index (κ2) is 6.20. The number of aliphatic hydroxyl groups is 1. The van der Waals surface area contributed by atoms with Crippen LogP contribution in [0.3, 0.4) is 0 Å². The van der Waals surface area contributed by atoms with Crippen LogP contribution in [0.4, 0.5) is 0 Å². The van der Waals surface area contributed by atoms with E-state index in [4.69, 9.17) is 4.74 Å². The van der Waals surface area contributed by atoms with Crippen molar-refractivity contribution in [2.75, 3.05) is 32.8 Å². The van der Waals surface area contributed by atoms with Gasteiger partial charge in [-0.3, -0.25) is 4.79 Å².